The van der Waals surface area contributed by atoms with Crippen molar-refractivity contribution in [2.75, 3.05) is 0 Å². The smallest absolute Gasteiger partial charge is 0.412 e. The number of alkyl carbamates (subject to hydrolysis) is 1. The predicted octanol–water partition coefficient (Wildman–Crippen LogP) is 3.32. The average molecular weight is 333 g/mol. The number of ether oxygens (including phenoxy) is 1. The van der Waals surface area contributed by atoms with E-state index in [0.717, 1.165) is 23.8 Å². The first-order valence-electron chi connectivity index (χ1n) is 6.83. The van der Waals surface area contributed by atoms with E-state index < -0.39 is 29.4 Å². The van der Waals surface area contributed by atoms with Gasteiger partial charge in [0.25, 0.3) is 0 Å². The van der Waals surface area contributed by atoms with Crippen LogP contribution in [0.4, 0.5) is 13.6 Å². The quantitative estimate of drug-likeness (QED) is 0.823. The van der Waals surface area contributed by atoms with E-state index in [1.54, 1.807) is 30.3 Å². The molecule has 0 unspecified atom stereocenters. The van der Waals surface area contributed by atoms with Crippen LogP contribution in [-0.2, 0) is 16.1 Å². The highest BCUT2D eigenvalue weighted by molar-refractivity contribution is 5.95. The highest BCUT2D eigenvalue weighted by atomic mass is 19.1. The molecule has 0 spiro atoms. The molecular formula is C17H13F2NO4. The van der Waals surface area contributed by atoms with Gasteiger partial charge in [0.1, 0.15) is 23.9 Å². The lowest BCUT2D eigenvalue weighted by Gasteiger charge is -2.08. The highest BCUT2D eigenvalue weighted by Crippen LogP contribution is 2.11. The van der Waals surface area contributed by atoms with Crippen molar-refractivity contribution in [3.63, 3.8) is 0 Å². The molecule has 5 nitrogen and oxygen atoms in total. The topological polar surface area (TPSA) is 75.6 Å². The Kier molecular flexibility index (Phi) is 5.62. The molecule has 1 amide bonds. The number of benzene rings is 2. The highest BCUT2D eigenvalue weighted by Gasteiger charge is 2.13. The molecule has 0 heterocycles. The van der Waals surface area contributed by atoms with Crippen LogP contribution in [-0.4, -0.2) is 17.2 Å². The Morgan fingerprint density at radius 1 is 1.08 bits per heavy atom. The van der Waals surface area contributed by atoms with E-state index in [2.05, 4.69) is 0 Å². The van der Waals surface area contributed by atoms with E-state index in [1.807, 2.05) is 5.32 Å². The SMILES string of the molecule is O=C(N/C(=C/c1cc(F)cc(F)c1)C(=O)O)OCc1ccccc1. The lowest BCUT2D eigenvalue weighted by molar-refractivity contribution is -0.132. The maximum absolute atomic E-state index is 13.1. The molecule has 2 N–H and O–H groups in total. The fraction of sp³-hybridized carbons (Fsp3) is 0.0588. The molecule has 0 bridgehead atoms. The van der Waals surface area contributed by atoms with Crippen LogP contribution in [0.2, 0.25) is 0 Å². The predicted molar refractivity (Wildman–Crippen MR) is 81.7 cm³/mol. The summed E-state index contributed by atoms with van der Waals surface area (Å²) in [7, 11) is 0. The minimum Gasteiger partial charge on any atom is -0.477 e. The minimum atomic E-state index is -1.48. The van der Waals surface area contributed by atoms with Gasteiger partial charge in [-0.25, -0.2) is 18.4 Å². The van der Waals surface area contributed by atoms with Crippen LogP contribution >= 0.6 is 0 Å². The number of hydrogen-bond acceptors (Lipinski definition) is 3. The van der Waals surface area contributed by atoms with Crippen molar-refractivity contribution in [3.05, 3.63) is 77.0 Å². The minimum absolute atomic E-state index is 0.0475. The number of nitrogens with one attached hydrogen (secondary N) is 1. The van der Waals surface area contributed by atoms with Gasteiger partial charge in [-0.15, -0.1) is 0 Å². The summed E-state index contributed by atoms with van der Waals surface area (Å²) in [5, 5.41) is 11.1. The maximum Gasteiger partial charge on any atom is 0.412 e. The van der Waals surface area contributed by atoms with Gasteiger partial charge >= 0.3 is 12.1 Å². The number of carbonyl (C=O) groups is 2. The Hall–Kier alpha value is -3.22. The van der Waals surface area contributed by atoms with Crippen molar-refractivity contribution in [2.24, 2.45) is 0 Å². The molecule has 7 heteroatoms. The lowest BCUT2D eigenvalue weighted by Crippen LogP contribution is -2.27. The van der Waals surface area contributed by atoms with Crippen molar-refractivity contribution in [3.8, 4) is 0 Å². The first-order chi connectivity index (χ1) is 11.4. The molecule has 0 radical (unpaired) electrons. The van der Waals surface area contributed by atoms with Gasteiger partial charge in [0.05, 0.1) is 0 Å². The van der Waals surface area contributed by atoms with Crippen LogP contribution in [0.1, 0.15) is 11.1 Å². The molecule has 0 aliphatic carbocycles. The molecule has 0 aliphatic heterocycles. The summed E-state index contributed by atoms with van der Waals surface area (Å²) in [5.74, 6) is -3.20. The Bertz CT molecular complexity index is 755. The Morgan fingerprint density at radius 2 is 1.71 bits per heavy atom. The summed E-state index contributed by atoms with van der Waals surface area (Å²) in [6, 6.07) is 11.3. The number of rotatable bonds is 5. The number of amides is 1. The van der Waals surface area contributed by atoms with Crippen LogP contribution in [0.3, 0.4) is 0 Å². The Balaban J connectivity index is 2.06. The lowest BCUT2D eigenvalue weighted by atomic mass is 10.2. The molecule has 0 saturated carbocycles. The third-order valence-corrected chi connectivity index (χ3v) is 2.88. The molecule has 2 aromatic carbocycles. The van der Waals surface area contributed by atoms with E-state index in [-0.39, 0.29) is 12.2 Å². The Morgan fingerprint density at radius 3 is 2.29 bits per heavy atom. The second-order valence-electron chi connectivity index (χ2n) is 4.75. The third kappa shape index (κ3) is 5.20. The van der Waals surface area contributed by atoms with E-state index in [9.17, 15) is 18.4 Å². The largest absolute Gasteiger partial charge is 0.477 e. The summed E-state index contributed by atoms with van der Waals surface area (Å²) >= 11 is 0. The molecule has 0 atom stereocenters. The van der Waals surface area contributed by atoms with Crippen LogP contribution in [0.15, 0.2) is 54.2 Å². The van der Waals surface area contributed by atoms with Gasteiger partial charge in [-0.3, -0.25) is 5.32 Å². The molecule has 124 valence electrons. The summed E-state index contributed by atoms with van der Waals surface area (Å²) in [6.07, 6.45) is -0.0671. The second kappa shape index (κ2) is 7.87. The number of aliphatic carboxylic acids is 1. The van der Waals surface area contributed by atoms with Crippen LogP contribution in [0.25, 0.3) is 6.08 Å². The Labute approximate surface area is 136 Å². The van der Waals surface area contributed by atoms with Gasteiger partial charge in [0.15, 0.2) is 0 Å². The molecule has 0 fully saturated rings. The van der Waals surface area contributed by atoms with Crippen molar-refractivity contribution in [2.45, 2.75) is 6.61 Å². The van der Waals surface area contributed by atoms with Gasteiger partial charge in [-0.05, 0) is 29.3 Å². The van der Waals surface area contributed by atoms with Gasteiger partial charge in [-0.2, -0.15) is 0 Å². The molecule has 2 rings (SSSR count). The normalized spacial score (nSPS) is 11.0. The first kappa shape index (κ1) is 17.1. The second-order valence-corrected chi connectivity index (χ2v) is 4.75. The first-order valence-corrected chi connectivity index (χ1v) is 6.83. The summed E-state index contributed by atoms with van der Waals surface area (Å²) < 4.78 is 31.1. The number of carboxylic acids is 1. The molecule has 0 aromatic heterocycles. The number of carbonyl (C=O) groups excluding carboxylic acids is 1. The van der Waals surface area contributed by atoms with Crippen molar-refractivity contribution >= 4 is 18.1 Å². The van der Waals surface area contributed by atoms with Crippen molar-refractivity contribution in [1.29, 1.82) is 0 Å². The molecule has 24 heavy (non-hydrogen) atoms. The van der Waals surface area contributed by atoms with Gasteiger partial charge < -0.3 is 9.84 Å². The molecule has 0 saturated heterocycles. The van der Waals surface area contributed by atoms with Gasteiger partial charge in [0.2, 0.25) is 0 Å². The molecule has 2 aromatic rings. The summed E-state index contributed by atoms with van der Waals surface area (Å²) in [6.45, 7) is -0.0475. The van der Waals surface area contributed by atoms with E-state index >= 15 is 0 Å². The zero-order valence-electron chi connectivity index (χ0n) is 12.3. The number of halogens is 2. The van der Waals surface area contributed by atoms with E-state index in [4.69, 9.17) is 9.84 Å². The summed E-state index contributed by atoms with van der Waals surface area (Å²) in [5.41, 5.74) is 0.104. The summed E-state index contributed by atoms with van der Waals surface area (Å²) in [4.78, 5) is 22.8. The van der Waals surface area contributed by atoms with Crippen molar-refractivity contribution in [1.82, 2.24) is 5.32 Å². The number of carboxylic acid groups (broad SMARTS) is 1. The standard InChI is InChI=1S/C17H13F2NO4/c18-13-6-12(7-14(19)9-13)8-15(16(21)22)20-17(23)24-10-11-4-2-1-3-5-11/h1-9H,10H2,(H,20,23)(H,21,22)/b15-8+. The van der Waals surface area contributed by atoms with Crippen LogP contribution < -0.4 is 5.32 Å². The maximum atomic E-state index is 13.1. The third-order valence-electron chi connectivity index (χ3n) is 2.88. The van der Waals surface area contributed by atoms with E-state index in [0.29, 0.717) is 6.07 Å². The fourth-order valence-electron chi connectivity index (χ4n) is 1.85. The van der Waals surface area contributed by atoms with Crippen molar-refractivity contribution < 1.29 is 28.2 Å². The van der Waals surface area contributed by atoms with Gasteiger partial charge in [-0.1, -0.05) is 30.3 Å². The average Bonchev–Trinajstić information content (AvgIpc) is 2.52. The van der Waals surface area contributed by atoms with Crippen LogP contribution in [0, 0.1) is 11.6 Å². The van der Waals surface area contributed by atoms with E-state index in [1.165, 1.54) is 0 Å². The molecular weight excluding hydrogens is 320 g/mol. The monoisotopic (exact) mass is 333 g/mol. The zero-order chi connectivity index (χ0) is 17.5. The van der Waals surface area contributed by atoms with Crippen LogP contribution in [0.5, 0.6) is 0 Å². The number of hydrogen-bond donors (Lipinski definition) is 2. The zero-order valence-corrected chi connectivity index (χ0v) is 12.3. The molecule has 0 aliphatic rings. The van der Waals surface area contributed by atoms with Gasteiger partial charge in [0, 0.05) is 6.07 Å². The fourth-order valence-corrected chi connectivity index (χ4v) is 1.85.